The predicted molar refractivity (Wildman–Crippen MR) is 101 cm³/mol. The Hall–Kier alpha value is -3.10. The van der Waals surface area contributed by atoms with Gasteiger partial charge < -0.3 is 4.74 Å². The van der Waals surface area contributed by atoms with Gasteiger partial charge in [-0.1, -0.05) is 72.4 Å². The highest BCUT2D eigenvalue weighted by Crippen LogP contribution is 2.25. The fourth-order valence-corrected chi connectivity index (χ4v) is 3.08. The van der Waals surface area contributed by atoms with E-state index in [0.717, 1.165) is 16.8 Å². The van der Waals surface area contributed by atoms with Crippen LogP contribution in [-0.4, -0.2) is 16.7 Å². The van der Waals surface area contributed by atoms with Crippen molar-refractivity contribution < 1.29 is 9.53 Å². The molecule has 0 aliphatic carbocycles. The van der Waals surface area contributed by atoms with Crippen molar-refractivity contribution in [2.45, 2.75) is 11.6 Å². The molecule has 0 unspecified atom stereocenters. The molecule has 0 N–H and O–H groups in total. The molecule has 1 aromatic heterocycles. The Bertz CT molecular complexity index is 922. The monoisotopic (exact) mass is 360 g/mol. The average molecular weight is 360 g/mol. The first-order valence-corrected chi connectivity index (χ1v) is 9.04. The van der Waals surface area contributed by atoms with Gasteiger partial charge in [0, 0.05) is 5.56 Å². The summed E-state index contributed by atoms with van der Waals surface area (Å²) in [6.07, 6.45) is 0. The van der Waals surface area contributed by atoms with Gasteiger partial charge in [-0.3, -0.25) is 4.79 Å². The fourth-order valence-electron chi connectivity index (χ4n) is 2.31. The lowest BCUT2D eigenvalue weighted by molar-refractivity contribution is -0.141. The maximum atomic E-state index is 12.0. The van der Waals surface area contributed by atoms with Gasteiger partial charge in [-0.15, -0.1) is 0 Å². The first-order chi connectivity index (χ1) is 12.8. The van der Waals surface area contributed by atoms with Crippen LogP contribution in [0.15, 0.2) is 77.8 Å². The summed E-state index contributed by atoms with van der Waals surface area (Å²) in [6, 6.07) is 24.9. The van der Waals surface area contributed by atoms with Crippen LogP contribution in [0.3, 0.4) is 0 Å². The summed E-state index contributed by atoms with van der Waals surface area (Å²) in [5.74, 6) is -0.234. The smallest absolute Gasteiger partial charge is 0.316 e. The van der Waals surface area contributed by atoms with Crippen LogP contribution in [0.5, 0.6) is 0 Å². The highest BCUT2D eigenvalue weighted by molar-refractivity contribution is 7.99. The van der Waals surface area contributed by atoms with Crippen LogP contribution in [0.1, 0.15) is 11.1 Å². The quantitative estimate of drug-likeness (QED) is 0.480. The van der Waals surface area contributed by atoms with Gasteiger partial charge >= 0.3 is 5.97 Å². The van der Waals surface area contributed by atoms with Crippen LogP contribution in [0.25, 0.3) is 11.3 Å². The Morgan fingerprint density at radius 1 is 1.00 bits per heavy atom. The zero-order chi connectivity index (χ0) is 18.2. The number of rotatable bonds is 6. The van der Waals surface area contributed by atoms with Gasteiger partial charge in [-0.05, 0) is 17.7 Å². The average Bonchev–Trinajstić information content (AvgIpc) is 2.72. The van der Waals surface area contributed by atoms with Crippen molar-refractivity contribution in [2.24, 2.45) is 0 Å². The number of carbonyl (C=O) groups excluding carboxylic acids is 1. The van der Waals surface area contributed by atoms with Gasteiger partial charge in [0.25, 0.3) is 0 Å². The molecule has 128 valence electrons. The van der Waals surface area contributed by atoms with Gasteiger partial charge in [0.15, 0.2) is 0 Å². The Morgan fingerprint density at radius 3 is 2.38 bits per heavy atom. The molecule has 3 rings (SSSR count). The van der Waals surface area contributed by atoms with E-state index in [1.165, 1.54) is 11.8 Å². The Kier molecular flexibility index (Phi) is 6.02. The molecule has 5 heteroatoms. The lowest BCUT2D eigenvalue weighted by Gasteiger charge is -2.07. The topological polar surface area (TPSA) is 63.0 Å². The van der Waals surface area contributed by atoms with Crippen LogP contribution in [0, 0.1) is 11.3 Å². The van der Waals surface area contributed by atoms with E-state index >= 15 is 0 Å². The van der Waals surface area contributed by atoms with E-state index < -0.39 is 0 Å². The number of hydrogen-bond donors (Lipinski definition) is 0. The number of carbonyl (C=O) groups is 1. The highest BCUT2D eigenvalue weighted by Gasteiger charge is 2.11. The van der Waals surface area contributed by atoms with Crippen molar-refractivity contribution >= 4 is 17.7 Å². The summed E-state index contributed by atoms with van der Waals surface area (Å²) in [6.45, 7) is 0.239. The summed E-state index contributed by atoms with van der Waals surface area (Å²) in [7, 11) is 0. The number of nitrogens with zero attached hydrogens (tertiary/aromatic N) is 2. The normalized spacial score (nSPS) is 10.1. The van der Waals surface area contributed by atoms with E-state index in [0.29, 0.717) is 10.6 Å². The Balaban J connectivity index is 1.65. The number of esters is 1. The molecule has 0 fully saturated rings. The molecule has 0 saturated carbocycles. The number of aromatic nitrogens is 1. The molecule has 1 heterocycles. The van der Waals surface area contributed by atoms with E-state index in [4.69, 9.17) is 4.74 Å². The predicted octanol–water partition coefficient (Wildman–Crippen LogP) is 4.46. The molecular formula is C21H16N2O2S. The maximum Gasteiger partial charge on any atom is 0.316 e. The zero-order valence-electron chi connectivity index (χ0n) is 14.0. The van der Waals surface area contributed by atoms with E-state index in [1.807, 2.05) is 66.7 Å². The second kappa shape index (κ2) is 8.84. The first kappa shape index (κ1) is 17.7. The lowest BCUT2D eigenvalue weighted by atomic mass is 10.1. The number of pyridine rings is 1. The third-order valence-electron chi connectivity index (χ3n) is 3.62. The van der Waals surface area contributed by atoms with E-state index in [2.05, 4.69) is 11.1 Å². The molecule has 0 aliphatic heterocycles. The molecule has 2 aromatic carbocycles. The van der Waals surface area contributed by atoms with E-state index in [1.54, 1.807) is 6.07 Å². The van der Waals surface area contributed by atoms with Crippen molar-refractivity contribution in [1.82, 2.24) is 4.98 Å². The van der Waals surface area contributed by atoms with Crippen molar-refractivity contribution in [2.75, 3.05) is 5.75 Å². The van der Waals surface area contributed by atoms with Gasteiger partial charge in [0.2, 0.25) is 0 Å². The number of benzene rings is 2. The van der Waals surface area contributed by atoms with Crippen LogP contribution in [-0.2, 0) is 16.1 Å². The minimum atomic E-state index is -0.338. The summed E-state index contributed by atoms with van der Waals surface area (Å²) in [5.41, 5.74) is 3.12. The second-order valence-corrected chi connectivity index (χ2v) is 6.43. The second-order valence-electron chi connectivity index (χ2n) is 5.46. The summed E-state index contributed by atoms with van der Waals surface area (Å²) in [5, 5.41) is 9.81. The maximum absolute atomic E-state index is 12.0. The largest absolute Gasteiger partial charge is 0.460 e. The van der Waals surface area contributed by atoms with Gasteiger partial charge in [0.05, 0.1) is 17.0 Å². The molecule has 26 heavy (non-hydrogen) atoms. The van der Waals surface area contributed by atoms with Crippen LogP contribution < -0.4 is 0 Å². The number of hydrogen-bond acceptors (Lipinski definition) is 5. The first-order valence-electron chi connectivity index (χ1n) is 8.05. The summed E-state index contributed by atoms with van der Waals surface area (Å²) >= 11 is 1.22. The molecular weight excluding hydrogens is 344 g/mol. The molecule has 4 nitrogen and oxygen atoms in total. The number of thioether (sulfide) groups is 1. The van der Waals surface area contributed by atoms with Crippen molar-refractivity contribution in [1.29, 1.82) is 5.26 Å². The summed E-state index contributed by atoms with van der Waals surface area (Å²) in [4.78, 5) is 16.5. The van der Waals surface area contributed by atoms with Crippen LogP contribution in [0.4, 0.5) is 0 Å². The third-order valence-corrected chi connectivity index (χ3v) is 4.58. The number of nitriles is 1. The Labute approximate surface area is 156 Å². The van der Waals surface area contributed by atoms with Gasteiger partial charge in [-0.2, -0.15) is 5.26 Å². The van der Waals surface area contributed by atoms with Crippen molar-refractivity contribution in [3.8, 4) is 17.3 Å². The fraction of sp³-hybridized carbons (Fsp3) is 0.0952. The molecule has 0 bridgehead atoms. The number of ether oxygens (including phenoxy) is 1. The van der Waals surface area contributed by atoms with Gasteiger partial charge in [-0.25, -0.2) is 4.98 Å². The Morgan fingerprint density at radius 2 is 1.69 bits per heavy atom. The molecule has 0 aliphatic rings. The molecule has 0 atom stereocenters. The zero-order valence-corrected chi connectivity index (χ0v) is 14.8. The SMILES string of the molecule is N#Cc1ccc(-c2ccccc2)nc1SCC(=O)OCc1ccccc1. The summed E-state index contributed by atoms with van der Waals surface area (Å²) < 4.78 is 5.27. The molecule has 3 aromatic rings. The lowest BCUT2D eigenvalue weighted by Crippen LogP contribution is -2.07. The standard InChI is InChI=1S/C21H16N2O2S/c22-13-18-11-12-19(17-9-5-2-6-10-17)23-21(18)26-15-20(24)25-14-16-7-3-1-4-8-16/h1-12H,14-15H2. The molecule has 0 amide bonds. The van der Waals surface area contributed by atoms with Gasteiger partial charge in [0.1, 0.15) is 17.7 Å². The minimum Gasteiger partial charge on any atom is -0.460 e. The molecule has 0 radical (unpaired) electrons. The molecule has 0 saturated heterocycles. The third kappa shape index (κ3) is 4.71. The van der Waals surface area contributed by atoms with Crippen molar-refractivity contribution in [3.05, 3.63) is 83.9 Å². The van der Waals surface area contributed by atoms with E-state index in [-0.39, 0.29) is 18.3 Å². The van der Waals surface area contributed by atoms with E-state index in [9.17, 15) is 10.1 Å². The van der Waals surface area contributed by atoms with Crippen LogP contribution >= 0.6 is 11.8 Å². The molecule has 0 spiro atoms. The minimum absolute atomic E-state index is 0.104. The highest BCUT2D eigenvalue weighted by atomic mass is 32.2. The van der Waals surface area contributed by atoms with Crippen LogP contribution in [0.2, 0.25) is 0 Å². The van der Waals surface area contributed by atoms with Crippen molar-refractivity contribution in [3.63, 3.8) is 0 Å².